The lowest BCUT2D eigenvalue weighted by Gasteiger charge is -2.43. The van der Waals surface area contributed by atoms with Crippen molar-refractivity contribution in [3.63, 3.8) is 0 Å². The highest BCUT2D eigenvalue weighted by molar-refractivity contribution is 5.80. The number of benzene rings is 1. The van der Waals surface area contributed by atoms with Crippen molar-refractivity contribution in [2.75, 3.05) is 56.2 Å². The Bertz CT molecular complexity index is 1560. The van der Waals surface area contributed by atoms with Crippen molar-refractivity contribution in [1.82, 2.24) is 24.8 Å². The molecule has 6 rings (SSSR count). The van der Waals surface area contributed by atoms with Crippen molar-refractivity contribution < 1.29 is 28.2 Å². The molecule has 0 saturated carbocycles. The summed E-state index contributed by atoms with van der Waals surface area (Å²) in [5.41, 5.74) is 2.73. The minimum atomic E-state index is -3.50. The quantitative estimate of drug-likeness (QED) is 0.359. The van der Waals surface area contributed by atoms with Crippen LogP contribution in [0.25, 0.3) is 11.4 Å². The number of likely N-dealkylation sites (tertiary alicyclic amines) is 1. The number of nitrogens with one attached hydrogen (secondary N) is 1. The lowest BCUT2D eigenvalue weighted by Crippen LogP contribution is -2.56. The summed E-state index contributed by atoms with van der Waals surface area (Å²) >= 11 is 0. The van der Waals surface area contributed by atoms with Gasteiger partial charge in [0.15, 0.2) is 11.4 Å². The number of piperazine rings is 1. The molecule has 0 aliphatic carbocycles. The van der Waals surface area contributed by atoms with Crippen LogP contribution < -0.4 is 15.0 Å². The zero-order valence-electron chi connectivity index (χ0n) is 24.8. The first-order valence-electron chi connectivity index (χ1n) is 14.9. The predicted octanol–water partition coefficient (Wildman–Crippen LogP) is 3.02. The topological polar surface area (TPSA) is 140 Å². The van der Waals surface area contributed by atoms with Gasteiger partial charge in [0.1, 0.15) is 18.3 Å². The van der Waals surface area contributed by atoms with Crippen molar-refractivity contribution in [3.8, 4) is 23.2 Å². The van der Waals surface area contributed by atoms with Gasteiger partial charge in [-0.1, -0.05) is 0 Å². The molecule has 2 N–H and O–H groups in total. The second kappa shape index (κ2) is 12.9. The molecule has 12 nitrogen and oxygen atoms in total. The maximum Gasteiger partial charge on any atom is 0.331 e. The average molecular weight is 621 g/mol. The monoisotopic (exact) mass is 620 g/mol. The maximum absolute atomic E-state index is 14.7. The summed E-state index contributed by atoms with van der Waals surface area (Å²) in [5.74, 6) is -0.636. The molecule has 236 valence electrons. The number of aliphatic hydroxyl groups excluding tert-OH is 1. The number of anilines is 3. The molecule has 45 heavy (non-hydrogen) atoms. The summed E-state index contributed by atoms with van der Waals surface area (Å²) in [6.07, 6.45) is -1.57. The Labute approximate surface area is 259 Å². The van der Waals surface area contributed by atoms with E-state index in [1.165, 1.54) is 6.07 Å². The van der Waals surface area contributed by atoms with Crippen molar-refractivity contribution in [2.24, 2.45) is 0 Å². The average Bonchev–Trinajstić information content (AvgIpc) is 3.01. The first kappa shape index (κ1) is 30.6. The fourth-order valence-electron chi connectivity index (χ4n) is 5.69. The number of nitriles is 1. The molecule has 3 aliphatic heterocycles. The van der Waals surface area contributed by atoms with Crippen LogP contribution in [-0.4, -0.2) is 106 Å². The van der Waals surface area contributed by atoms with Crippen molar-refractivity contribution in [3.05, 3.63) is 54.4 Å². The number of hydrogen-bond donors (Lipinski definition) is 2. The Hall–Kier alpha value is -4.45. The number of hydrogen-bond acceptors (Lipinski definition) is 11. The molecule has 0 spiro atoms. The van der Waals surface area contributed by atoms with E-state index in [9.17, 15) is 23.9 Å². The molecule has 2 aromatic heterocycles. The van der Waals surface area contributed by atoms with Crippen LogP contribution in [0.2, 0.25) is 0 Å². The zero-order chi connectivity index (χ0) is 31.6. The van der Waals surface area contributed by atoms with Gasteiger partial charge in [0.05, 0.1) is 37.1 Å². The standard InChI is InChI=1S/C31H34F2N8O4/c1-20(42)29(43)41-11-9-24(16-31(41,32)33)45-28-7-6-25(37-27(28)17-34)26-8-10-35-30(38-26)36-21-2-4-22(5-3-21)39-12-14-40(15-13-39)23-18-44-19-23/h2-8,10,20,23-24,42H,9,11-16,18-19H2,1H3,(H,35,36,38)/t20-,24?/m0/s1. The van der Waals surface area contributed by atoms with E-state index in [0.29, 0.717) is 28.3 Å². The second-order valence-electron chi connectivity index (χ2n) is 11.4. The van der Waals surface area contributed by atoms with Crippen LogP contribution in [0.3, 0.4) is 0 Å². The van der Waals surface area contributed by atoms with E-state index >= 15 is 0 Å². The molecule has 14 heteroatoms. The van der Waals surface area contributed by atoms with Crippen LogP contribution in [0.5, 0.6) is 5.75 Å². The first-order chi connectivity index (χ1) is 21.7. The second-order valence-corrected chi connectivity index (χ2v) is 11.4. The summed E-state index contributed by atoms with van der Waals surface area (Å²) < 4.78 is 40.4. The van der Waals surface area contributed by atoms with Gasteiger partial charge in [0.2, 0.25) is 5.95 Å². The Morgan fingerprint density at radius 1 is 1.09 bits per heavy atom. The Morgan fingerprint density at radius 2 is 1.82 bits per heavy atom. The van der Waals surface area contributed by atoms with Gasteiger partial charge < -0.3 is 24.8 Å². The van der Waals surface area contributed by atoms with Crippen LogP contribution in [0.1, 0.15) is 25.5 Å². The largest absolute Gasteiger partial charge is 0.487 e. The zero-order valence-corrected chi connectivity index (χ0v) is 24.8. The van der Waals surface area contributed by atoms with E-state index in [-0.39, 0.29) is 24.4 Å². The van der Waals surface area contributed by atoms with E-state index in [2.05, 4.69) is 42.2 Å². The fraction of sp³-hybridized carbons (Fsp3) is 0.452. The minimum absolute atomic E-state index is 0.0586. The summed E-state index contributed by atoms with van der Waals surface area (Å²) in [6, 6.07) is 11.9. The molecule has 1 aromatic carbocycles. The molecular formula is C31H34F2N8O4. The molecule has 2 atom stereocenters. The van der Waals surface area contributed by atoms with Crippen molar-refractivity contribution in [2.45, 2.75) is 44.1 Å². The molecule has 0 radical (unpaired) electrons. The number of alkyl halides is 2. The fourth-order valence-corrected chi connectivity index (χ4v) is 5.69. The van der Waals surface area contributed by atoms with Gasteiger partial charge in [0, 0.05) is 56.7 Å². The summed E-state index contributed by atoms with van der Waals surface area (Å²) in [6.45, 7) is 6.49. The van der Waals surface area contributed by atoms with E-state index < -0.39 is 30.6 Å². The molecular weight excluding hydrogens is 586 g/mol. The van der Waals surface area contributed by atoms with Gasteiger partial charge >= 0.3 is 6.05 Å². The number of aliphatic hydroxyl groups is 1. The van der Waals surface area contributed by atoms with Gasteiger partial charge in [-0.05, 0) is 49.4 Å². The minimum Gasteiger partial charge on any atom is -0.487 e. The Kier molecular flexibility index (Phi) is 8.75. The van der Waals surface area contributed by atoms with Crippen molar-refractivity contribution >= 4 is 23.2 Å². The molecule has 1 unspecified atom stereocenters. The number of piperidine rings is 1. The number of carbonyl (C=O) groups is 1. The van der Waals surface area contributed by atoms with E-state index in [1.54, 1.807) is 18.3 Å². The molecule has 3 aromatic rings. The number of carbonyl (C=O) groups excluding carboxylic acids is 1. The van der Waals surface area contributed by atoms with E-state index in [4.69, 9.17) is 9.47 Å². The number of ether oxygens (including phenoxy) is 2. The summed E-state index contributed by atoms with van der Waals surface area (Å²) in [7, 11) is 0. The number of aromatic nitrogens is 3. The highest BCUT2D eigenvalue weighted by Crippen LogP contribution is 2.35. The summed E-state index contributed by atoms with van der Waals surface area (Å²) in [4.78, 5) is 30.4. The van der Waals surface area contributed by atoms with Crippen LogP contribution in [-0.2, 0) is 9.53 Å². The number of pyridine rings is 1. The van der Waals surface area contributed by atoms with E-state index in [1.807, 2.05) is 18.2 Å². The normalized spacial score (nSPS) is 21.0. The Balaban J connectivity index is 1.08. The number of amides is 1. The molecule has 1 amide bonds. The van der Waals surface area contributed by atoms with Crippen LogP contribution in [0.15, 0.2) is 48.7 Å². The number of nitrogens with zero attached hydrogens (tertiary/aromatic N) is 7. The van der Waals surface area contributed by atoms with E-state index in [0.717, 1.165) is 57.7 Å². The van der Waals surface area contributed by atoms with Gasteiger partial charge in [-0.3, -0.25) is 14.6 Å². The van der Waals surface area contributed by atoms with Gasteiger partial charge in [-0.2, -0.15) is 14.0 Å². The van der Waals surface area contributed by atoms with Crippen molar-refractivity contribution in [1.29, 1.82) is 5.26 Å². The Morgan fingerprint density at radius 3 is 2.47 bits per heavy atom. The molecule has 5 heterocycles. The van der Waals surface area contributed by atoms with Gasteiger partial charge in [-0.25, -0.2) is 15.0 Å². The third-order valence-electron chi connectivity index (χ3n) is 8.28. The van der Waals surface area contributed by atoms with Gasteiger partial charge in [-0.15, -0.1) is 0 Å². The van der Waals surface area contributed by atoms with Gasteiger partial charge in [0.25, 0.3) is 5.91 Å². The SMILES string of the molecule is C[C@H](O)C(=O)N1CCC(Oc2ccc(-c3ccnc(Nc4ccc(N5CCN(C6COC6)CC5)cc4)n3)nc2C#N)CC1(F)F. The molecule has 3 saturated heterocycles. The highest BCUT2D eigenvalue weighted by atomic mass is 19.3. The smallest absolute Gasteiger partial charge is 0.331 e. The number of halogens is 2. The molecule has 3 aliphatic rings. The molecule has 0 bridgehead atoms. The predicted molar refractivity (Wildman–Crippen MR) is 160 cm³/mol. The highest BCUT2D eigenvalue weighted by Gasteiger charge is 2.47. The third-order valence-corrected chi connectivity index (χ3v) is 8.28. The van der Waals surface area contributed by atoms with Crippen LogP contribution in [0, 0.1) is 11.3 Å². The molecule has 3 fully saturated rings. The number of rotatable bonds is 8. The van der Waals surface area contributed by atoms with Crippen LogP contribution >= 0.6 is 0 Å². The first-order valence-corrected chi connectivity index (χ1v) is 14.9. The summed E-state index contributed by atoms with van der Waals surface area (Å²) in [5, 5.41) is 22.4. The lowest BCUT2D eigenvalue weighted by atomic mass is 10.0. The lowest BCUT2D eigenvalue weighted by molar-refractivity contribution is -0.202. The maximum atomic E-state index is 14.7. The third kappa shape index (κ3) is 6.80. The van der Waals surface area contributed by atoms with Crippen LogP contribution in [0.4, 0.5) is 26.1 Å².